The molecule has 0 aromatic heterocycles. The van der Waals surface area contributed by atoms with Gasteiger partial charge in [0.15, 0.2) is 11.6 Å². The zero-order chi connectivity index (χ0) is 14.1. The molecule has 3 rings (SSSR count). The van der Waals surface area contributed by atoms with E-state index >= 15 is 0 Å². The molecule has 2 atom stereocenters. The van der Waals surface area contributed by atoms with Gasteiger partial charge in [-0.2, -0.15) is 0 Å². The molecule has 0 spiro atoms. The third-order valence-electron chi connectivity index (χ3n) is 3.56. The smallest absolute Gasteiger partial charge is 0.181 e. The number of carbonyl (C=O) groups is 2. The first-order valence-corrected chi connectivity index (χ1v) is 6.57. The van der Waals surface area contributed by atoms with Crippen LogP contribution in [-0.2, 0) is 0 Å². The summed E-state index contributed by atoms with van der Waals surface area (Å²) in [6.07, 6.45) is -0.454. The van der Waals surface area contributed by atoms with Gasteiger partial charge in [0.2, 0.25) is 0 Å². The van der Waals surface area contributed by atoms with E-state index in [4.69, 9.17) is 4.74 Å². The molecule has 100 valence electrons. The predicted molar refractivity (Wildman–Crippen MR) is 75.1 cm³/mol. The van der Waals surface area contributed by atoms with E-state index in [1.165, 1.54) is 0 Å². The number of rotatable bonds is 2. The molecule has 0 amide bonds. The van der Waals surface area contributed by atoms with Crippen LogP contribution in [0.2, 0.25) is 0 Å². The van der Waals surface area contributed by atoms with Crippen LogP contribution in [0.25, 0.3) is 0 Å². The molecule has 0 saturated carbocycles. The van der Waals surface area contributed by atoms with E-state index in [2.05, 4.69) is 0 Å². The Hall–Kier alpha value is -2.42. The molecule has 1 aliphatic heterocycles. The van der Waals surface area contributed by atoms with E-state index in [0.29, 0.717) is 16.9 Å². The minimum Gasteiger partial charge on any atom is -0.489 e. The zero-order valence-corrected chi connectivity index (χ0v) is 11.1. The van der Waals surface area contributed by atoms with Gasteiger partial charge in [-0.3, -0.25) is 9.59 Å². The van der Waals surface area contributed by atoms with E-state index in [9.17, 15) is 9.59 Å². The fourth-order valence-electron chi connectivity index (χ4n) is 2.54. The van der Waals surface area contributed by atoms with Crippen molar-refractivity contribution < 1.29 is 14.3 Å². The fraction of sp³-hybridized carbons (Fsp3) is 0.176. The summed E-state index contributed by atoms with van der Waals surface area (Å²) >= 11 is 0. The van der Waals surface area contributed by atoms with E-state index in [1.54, 1.807) is 49.4 Å². The molecule has 0 unspecified atom stereocenters. The van der Waals surface area contributed by atoms with Crippen LogP contribution in [0.15, 0.2) is 54.6 Å². The highest BCUT2D eigenvalue weighted by molar-refractivity contribution is 6.18. The average molecular weight is 266 g/mol. The molecule has 1 heterocycles. The van der Waals surface area contributed by atoms with Crippen LogP contribution in [0.1, 0.15) is 27.6 Å². The molecule has 0 aliphatic carbocycles. The SMILES string of the molecule is C[C@@H]1Oc2ccccc2C(=O)[C@H]1C(=O)c1ccccc1. The lowest BCUT2D eigenvalue weighted by molar-refractivity contribution is 0.0606. The van der Waals surface area contributed by atoms with E-state index < -0.39 is 12.0 Å². The minimum absolute atomic E-state index is 0.159. The van der Waals surface area contributed by atoms with Gasteiger partial charge >= 0.3 is 0 Å². The largest absolute Gasteiger partial charge is 0.489 e. The average Bonchev–Trinajstić information content (AvgIpc) is 2.48. The molecule has 1 aliphatic rings. The third-order valence-corrected chi connectivity index (χ3v) is 3.56. The number of ether oxygens (including phenoxy) is 1. The monoisotopic (exact) mass is 266 g/mol. The summed E-state index contributed by atoms with van der Waals surface area (Å²) in [5, 5.41) is 0. The van der Waals surface area contributed by atoms with Crippen molar-refractivity contribution in [3.63, 3.8) is 0 Å². The van der Waals surface area contributed by atoms with E-state index in [-0.39, 0.29) is 11.6 Å². The van der Waals surface area contributed by atoms with Gasteiger partial charge in [-0.1, -0.05) is 42.5 Å². The van der Waals surface area contributed by atoms with Gasteiger partial charge in [0, 0.05) is 5.56 Å². The number of Topliss-reactive ketones (excluding diaryl/α,β-unsaturated/α-hetero) is 2. The van der Waals surface area contributed by atoms with Gasteiger partial charge in [0.25, 0.3) is 0 Å². The number of fused-ring (bicyclic) bond motifs is 1. The van der Waals surface area contributed by atoms with Crippen molar-refractivity contribution in [3.8, 4) is 5.75 Å². The molecule has 0 N–H and O–H groups in total. The Morgan fingerprint density at radius 2 is 1.65 bits per heavy atom. The first-order valence-electron chi connectivity index (χ1n) is 6.57. The van der Waals surface area contributed by atoms with Gasteiger partial charge < -0.3 is 4.74 Å². The molecule has 0 fully saturated rings. The lowest BCUT2D eigenvalue weighted by Crippen LogP contribution is -2.40. The van der Waals surface area contributed by atoms with Gasteiger partial charge in [0.05, 0.1) is 5.56 Å². The Balaban J connectivity index is 1.99. The van der Waals surface area contributed by atoms with Crippen LogP contribution < -0.4 is 4.74 Å². The zero-order valence-electron chi connectivity index (χ0n) is 11.1. The first-order chi connectivity index (χ1) is 9.68. The Morgan fingerprint density at radius 1 is 1.00 bits per heavy atom. The van der Waals surface area contributed by atoms with Crippen molar-refractivity contribution in [2.45, 2.75) is 13.0 Å². The first kappa shape index (κ1) is 12.6. The highest BCUT2D eigenvalue weighted by atomic mass is 16.5. The Labute approximate surface area is 117 Å². The van der Waals surface area contributed by atoms with E-state index in [0.717, 1.165) is 0 Å². The molecule has 0 bridgehead atoms. The molecule has 3 nitrogen and oxygen atoms in total. The topological polar surface area (TPSA) is 43.4 Å². The van der Waals surface area contributed by atoms with Crippen molar-refractivity contribution >= 4 is 11.6 Å². The molecule has 0 saturated heterocycles. The number of benzene rings is 2. The Bertz CT molecular complexity index is 661. The highest BCUT2D eigenvalue weighted by Gasteiger charge is 2.39. The number of carbonyl (C=O) groups excluding carboxylic acids is 2. The Kier molecular flexibility index (Phi) is 3.11. The van der Waals surface area contributed by atoms with Gasteiger partial charge in [-0.25, -0.2) is 0 Å². The highest BCUT2D eigenvalue weighted by Crippen LogP contribution is 2.32. The predicted octanol–water partition coefficient (Wildman–Crippen LogP) is 3.15. The standard InChI is InChI=1S/C17H14O3/c1-11-15(16(18)12-7-3-2-4-8-12)17(19)13-9-5-6-10-14(13)20-11/h2-11,15H,1H3/t11-,15+/m0/s1. The molecule has 20 heavy (non-hydrogen) atoms. The quantitative estimate of drug-likeness (QED) is 0.619. The summed E-state index contributed by atoms with van der Waals surface area (Å²) in [7, 11) is 0. The summed E-state index contributed by atoms with van der Waals surface area (Å²) in [6.45, 7) is 1.76. The van der Waals surface area contributed by atoms with E-state index in [1.807, 2.05) is 12.1 Å². The summed E-state index contributed by atoms with van der Waals surface area (Å²) in [5.74, 6) is -0.555. The number of hydrogen-bond acceptors (Lipinski definition) is 3. The number of hydrogen-bond donors (Lipinski definition) is 0. The molecular weight excluding hydrogens is 252 g/mol. The minimum atomic E-state index is -0.771. The number of para-hydroxylation sites is 1. The molecule has 2 aromatic carbocycles. The van der Waals surface area contributed by atoms with Gasteiger partial charge in [0.1, 0.15) is 17.8 Å². The third kappa shape index (κ3) is 2.01. The summed E-state index contributed by atoms with van der Waals surface area (Å²) in [5.41, 5.74) is 1.03. The van der Waals surface area contributed by atoms with Crippen LogP contribution in [0.5, 0.6) is 5.75 Å². The van der Waals surface area contributed by atoms with Crippen LogP contribution >= 0.6 is 0 Å². The van der Waals surface area contributed by atoms with Crippen LogP contribution in [-0.4, -0.2) is 17.7 Å². The maximum Gasteiger partial charge on any atom is 0.181 e. The maximum atomic E-state index is 12.5. The summed E-state index contributed by atoms with van der Waals surface area (Å²) < 4.78 is 5.72. The second kappa shape index (κ2) is 4.93. The van der Waals surface area contributed by atoms with Crippen LogP contribution in [0.3, 0.4) is 0 Å². The van der Waals surface area contributed by atoms with Crippen LogP contribution in [0, 0.1) is 5.92 Å². The summed E-state index contributed by atoms with van der Waals surface area (Å²) in [6, 6.07) is 15.9. The van der Waals surface area contributed by atoms with Crippen molar-refractivity contribution in [1.29, 1.82) is 0 Å². The van der Waals surface area contributed by atoms with Gasteiger partial charge in [-0.15, -0.1) is 0 Å². The lowest BCUT2D eigenvalue weighted by Gasteiger charge is -2.29. The summed E-state index contributed by atoms with van der Waals surface area (Å²) in [4.78, 5) is 25.1. The second-order valence-corrected chi connectivity index (χ2v) is 4.89. The van der Waals surface area contributed by atoms with Crippen molar-refractivity contribution in [2.24, 2.45) is 5.92 Å². The molecule has 2 aromatic rings. The molecule has 3 heteroatoms. The van der Waals surface area contributed by atoms with Crippen molar-refractivity contribution in [3.05, 3.63) is 65.7 Å². The molecule has 0 radical (unpaired) electrons. The van der Waals surface area contributed by atoms with Crippen LogP contribution in [0.4, 0.5) is 0 Å². The molecular formula is C17H14O3. The maximum absolute atomic E-state index is 12.5. The van der Waals surface area contributed by atoms with Crippen molar-refractivity contribution in [1.82, 2.24) is 0 Å². The number of ketones is 2. The second-order valence-electron chi connectivity index (χ2n) is 4.89. The van der Waals surface area contributed by atoms with Gasteiger partial charge in [-0.05, 0) is 19.1 Å². The normalized spacial score (nSPS) is 20.9. The Morgan fingerprint density at radius 3 is 2.40 bits per heavy atom. The lowest BCUT2D eigenvalue weighted by atomic mass is 9.84. The van der Waals surface area contributed by atoms with Crippen molar-refractivity contribution in [2.75, 3.05) is 0 Å². The fourth-order valence-corrected chi connectivity index (χ4v) is 2.54.